The molecule has 2 unspecified atom stereocenters. The van der Waals surface area contributed by atoms with Crippen molar-refractivity contribution >= 4 is 81.1 Å². The summed E-state index contributed by atoms with van der Waals surface area (Å²) in [6.45, 7) is 6.38. The van der Waals surface area contributed by atoms with Gasteiger partial charge in [0.25, 0.3) is 11.8 Å². The molecule has 9 N–H and O–H groups in total. The molecule has 16 nitrogen and oxygen atoms in total. The third-order valence-corrected chi connectivity index (χ3v) is 10.6. The molecule has 252 valence electrons. The van der Waals surface area contributed by atoms with E-state index in [0.717, 1.165) is 33.1 Å². The third kappa shape index (κ3) is 6.60. The SMILES string of the molecule is Cc1cccc(C)c1-[n+]1c(N)cc(N)nc1SCC1=C(C(=O)O)N2C(=O)C(NC(=O)/C(=N\OC(C)(C)C(=O)O)c3cnc(N)s3)C2SC1. The second-order valence-corrected chi connectivity index (χ2v) is 14.4. The van der Waals surface area contributed by atoms with Gasteiger partial charge in [-0.05, 0) is 56.2 Å². The Kier molecular flexibility index (Phi) is 9.56. The van der Waals surface area contributed by atoms with Gasteiger partial charge < -0.3 is 37.6 Å². The van der Waals surface area contributed by atoms with Crippen molar-refractivity contribution in [3.8, 4) is 5.69 Å². The van der Waals surface area contributed by atoms with Crippen LogP contribution in [0.3, 0.4) is 0 Å². The van der Waals surface area contributed by atoms with E-state index >= 15 is 0 Å². The summed E-state index contributed by atoms with van der Waals surface area (Å²) in [5.41, 5.74) is 19.0. The van der Waals surface area contributed by atoms with Gasteiger partial charge in [0, 0.05) is 17.7 Å². The van der Waals surface area contributed by atoms with Crippen LogP contribution < -0.4 is 27.1 Å². The van der Waals surface area contributed by atoms with Crippen LogP contribution >= 0.6 is 34.9 Å². The number of β-lactam (4-membered cyclic amide) rings is 1. The van der Waals surface area contributed by atoms with Gasteiger partial charge in [-0.2, -0.15) is 4.57 Å². The van der Waals surface area contributed by atoms with Crippen LogP contribution in [0.2, 0.25) is 0 Å². The number of benzene rings is 1. The quantitative estimate of drug-likeness (QED) is 0.0409. The summed E-state index contributed by atoms with van der Waals surface area (Å²) in [5, 5.41) is 25.8. The molecule has 2 aliphatic rings. The molecular weight excluding hydrogens is 683 g/mol. The first-order valence-corrected chi connectivity index (χ1v) is 17.0. The van der Waals surface area contributed by atoms with E-state index in [0.29, 0.717) is 16.5 Å². The molecule has 19 heteroatoms. The molecule has 4 heterocycles. The fraction of sp³-hybridized carbons (Fsp3) is 0.310. The van der Waals surface area contributed by atoms with Gasteiger partial charge in [-0.1, -0.05) is 39.7 Å². The minimum atomic E-state index is -1.77. The first-order valence-electron chi connectivity index (χ1n) is 14.2. The molecule has 2 atom stereocenters. The normalized spacial score (nSPS) is 17.9. The largest absolute Gasteiger partial charge is 0.478 e. The summed E-state index contributed by atoms with van der Waals surface area (Å²) in [5.74, 6) is -3.19. The number of thiazole rings is 1. The molecule has 2 amide bonds. The zero-order chi connectivity index (χ0) is 35.1. The summed E-state index contributed by atoms with van der Waals surface area (Å²) in [7, 11) is 0. The van der Waals surface area contributed by atoms with Crippen molar-refractivity contribution in [2.45, 2.75) is 49.9 Å². The molecule has 0 spiro atoms. The number of amides is 2. The average Bonchev–Trinajstić information content (AvgIpc) is 3.44. The van der Waals surface area contributed by atoms with Crippen molar-refractivity contribution in [1.82, 2.24) is 20.2 Å². The number of hydrogen-bond donors (Lipinski definition) is 6. The number of nitrogens with zero attached hydrogens (tertiary/aromatic N) is 5. The third-order valence-electron chi connectivity index (χ3n) is 7.40. The smallest absolute Gasteiger partial charge is 0.352 e. The van der Waals surface area contributed by atoms with Crippen molar-refractivity contribution < 1.29 is 38.8 Å². The fourth-order valence-corrected chi connectivity index (χ4v) is 8.12. The number of carboxylic acid groups (broad SMARTS) is 2. The predicted molar refractivity (Wildman–Crippen MR) is 180 cm³/mol. The maximum absolute atomic E-state index is 13.4. The first-order chi connectivity index (χ1) is 22.6. The fourth-order valence-electron chi connectivity index (χ4n) is 4.95. The van der Waals surface area contributed by atoms with Crippen LogP contribution in [0.5, 0.6) is 0 Å². The molecule has 0 saturated carbocycles. The van der Waals surface area contributed by atoms with E-state index in [1.54, 1.807) is 10.6 Å². The van der Waals surface area contributed by atoms with E-state index < -0.39 is 40.8 Å². The Balaban J connectivity index is 1.38. The average molecular weight is 715 g/mol. The number of para-hydroxylation sites is 1. The maximum atomic E-state index is 13.4. The zero-order valence-corrected chi connectivity index (χ0v) is 28.5. The van der Waals surface area contributed by atoms with Gasteiger partial charge >= 0.3 is 17.1 Å². The molecule has 1 aromatic carbocycles. The lowest BCUT2D eigenvalue weighted by Crippen LogP contribution is -2.71. The molecule has 0 aliphatic carbocycles. The van der Waals surface area contributed by atoms with Gasteiger partial charge in [0.05, 0.1) is 10.9 Å². The molecule has 1 fully saturated rings. The summed E-state index contributed by atoms with van der Waals surface area (Å²) >= 11 is 3.42. The van der Waals surface area contributed by atoms with Crippen molar-refractivity contribution in [3.63, 3.8) is 0 Å². The molecule has 0 radical (unpaired) electrons. The minimum absolute atomic E-state index is 0.119. The number of nitrogen functional groups attached to an aromatic ring is 3. The van der Waals surface area contributed by atoms with Crippen LogP contribution in [0.15, 0.2) is 52.0 Å². The number of nitrogens with two attached hydrogens (primary N) is 3. The number of hydrogen-bond acceptors (Lipinski definition) is 14. The lowest BCUT2D eigenvalue weighted by molar-refractivity contribution is -0.626. The van der Waals surface area contributed by atoms with E-state index in [-0.39, 0.29) is 38.7 Å². The topological polar surface area (TPSA) is 253 Å². The Bertz CT molecular complexity index is 1890. The molecule has 48 heavy (non-hydrogen) atoms. The second-order valence-electron chi connectivity index (χ2n) is 11.3. The molecule has 0 bridgehead atoms. The van der Waals surface area contributed by atoms with Gasteiger partial charge in [-0.15, -0.1) is 11.8 Å². The highest BCUT2D eigenvalue weighted by atomic mass is 32.2. The van der Waals surface area contributed by atoms with Gasteiger partial charge in [-0.25, -0.2) is 14.6 Å². The van der Waals surface area contributed by atoms with Crippen LogP contribution in [0.4, 0.5) is 16.8 Å². The van der Waals surface area contributed by atoms with Crippen LogP contribution in [-0.4, -0.2) is 83.1 Å². The molecule has 1 saturated heterocycles. The van der Waals surface area contributed by atoms with Crippen molar-refractivity contribution in [2.24, 2.45) is 5.16 Å². The highest BCUT2D eigenvalue weighted by Gasteiger charge is 2.54. The van der Waals surface area contributed by atoms with Crippen LogP contribution in [0.1, 0.15) is 29.9 Å². The van der Waals surface area contributed by atoms with E-state index in [1.165, 1.54) is 43.6 Å². The number of oxime groups is 1. The number of carbonyl (C=O) groups is 4. The number of aromatic nitrogens is 3. The summed E-state index contributed by atoms with van der Waals surface area (Å²) in [6, 6.07) is 6.26. The lowest BCUT2D eigenvalue weighted by Gasteiger charge is -2.49. The van der Waals surface area contributed by atoms with Gasteiger partial charge in [0.2, 0.25) is 17.2 Å². The second kappa shape index (κ2) is 13.3. The van der Waals surface area contributed by atoms with E-state index in [2.05, 4.69) is 20.4 Å². The summed E-state index contributed by atoms with van der Waals surface area (Å²) < 4.78 is 1.77. The number of fused-ring (bicyclic) bond motifs is 1. The number of aryl methyl sites for hydroxylation is 2. The molecule has 3 aromatic rings. The van der Waals surface area contributed by atoms with E-state index in [1.807, 2.05) is 32.0 Å². The number of nitrogens with one attached hydrogen (secondary N) is 1. The van der Waals surface area contributed by atoms with Crippen molar-refractivity contribution in [3.05, 3.63) is 57.7 Å². The standard InChI is InChI=1S/C29H31N9O7S3/c1-12-6-5-7-13(2)20(12)37-17(31)8-16(30)34-28(37)47-11-14-10-46-24-19(23(40)38(24)21(14)25(41)42)35-22(39)18(15-9-33-27(32)48-15)36-45-29(3,4)26(43)44/h5-9,19,24H,10-11H2,1-4H3,(H8,30,31,32,33,35,36,39,41,42,43,44)/p+1. The highest BCUT2D eigenvalue weighted by Crippen LogP contribution is 2.41. The Morgan fingerprint density at radius 1 is 1.21 bits per heavy atom. The highest BCUT2D eigenvalue weighted by molar-refractivity contribution is 8.01. The van der Waals surface area contributed by atoms with Crippen LogP contribution in [0.25, 0.3) is 5.69 Å². The maximum Gasteiger partial charge on any atom is 0.352 e. The molecule has 5 rings (SSSR count). The van der Waals surface area contributed by atoms with E-state index in [4.69, 9.17) is 22.0 Å². The van der Waals surface area contributed by atoms with Gasteiger partial charge in [0.1, 0.15) is 22.8 Å². The predicted octanol–water partition coefficient (Wildman–Crippen LogP) is 1.29. The summed E-state index contributed by atoms with van der Waals surface area (Å²) in [6.07, 6.45) is 1.27. The van der Waals surface area contributed by atoms with Crippen LogP contribution in [0, 0.1) is 13.8 Å². The van der Waals surface area contributed by atoms with Crippen molar-refractivity contribution in [2.75, 3.05) is 28.7 Å². The Morgan fingerprint density at radius 3 is 2.50 bits per heavy atom. The van der Waals surface area contributed by atoms with Crippen molar-refractivity contribution in [1.29, 1.82) is 0 Å². The first kappa shape index (κ1) is 34.5. The van der Waals surface area contributed by atoms with Gasteiger partial charge in [-0.3, -0.25) is 14.5 Å². The number of carbonyl (C=O) groups excluding carboxylic acids is 2. The minimum Gasteiger partial charge on any atom is -0.478 e. The number of rotatable bonds is 11. The monoisotopic (exact) mass is 714 g/mol. The number of anilines is 3. The Labute approximate surface area is 286 Å². The number of thioether (sulfide) groups is 2. The number of aliphatic carboxylic acids is 2. The van der Waals surface area contributed by atoms with Gasteiger partial charge in [0.15, 0.2) is 10.8 Å². The van der Waals surface area contributed by atoms with E-state index in [9.17, 15) is 29.4 Å². The Hall–Kier alpha value is -4.88. The zero-order valence-electron chi connectivity index (χ0n) is 26.1. The number of carboxylic acids is 2. The molecular formula is C29H32N9O7S3+. The summed E-state index contributed by atoms with van der Waals surface area (Å²) in [4.78, 5) is 65.7. The Morgan fingerprint density at radius 2 is 1.90 bits per heavy atom. The molecule has 2 aliphatic heterocycles. The van der Waals surface area contributed by atoms with Crippen LogP contribution in [-0.2, 0) is 24.0 Å². The molecule has 2 aromatic heterocycles. The lowest BCUT2D eigenvalue weighted by atomic mass is 10.0.